The first-order valence-corrected chi connectivity index (χ1v) is 9.30. The molecule has 0 unspecified atom stereocenters. The lowest BCUT2D eigenvalue weighted by Crippen LogP contribution is -2.39. The van der Waals surface area contributed by atoms with Crippen molar-refractivity contribution in [2.24, 2.45) is 5.92 Å². The quantitative estimate of drug-likeness (QED) is 0.851. The summed E-state index contributed by atoms with van der Waals surface area (Å²) < 4.78 is 27.9. The van der Waals surface area contributed by atoms with Crippen LogP contribution in [0.4, 0.5) is 8.78 Å². The Balaban J connectivity index is 1.54. The van der Waals surface area contributed by atoms with Gasteiger partial charge in [0, 0.05) is 24.1 Å². The molecule has 0 saturated carbocycles. The molecule has 2 aliphatic rings. The van der Waals surface area contributed by atoms with Crippen molar-refractivity contribution in [3.8, 4) is 0 Å². The molecule has 0 amide bonds. The molecule has 6 nitrogen and oxygen atoms in total. The van der Waals surface area contributed by atoms with Crippen molar-refractivity contribution in [3.63, 3.8) is 0 Å². The van der Waals surface area contributed by atoms with Crippen molar-refractivity contribution < 1.29 is 18.7 Å². The van der Waals surface area contributed by atoms with Crippen LogP contribution in [0.25, 0.3) is 5.57 Å². The number of likely N-dealkylation sites (tertiary alicyclic amines) is 1. The van der Waals surface area contributed by atoms with E-state index in [4.69, 9.17) is 5.11 Å². The summed E-state index contributed by atoms with van der Waals surface area (Å²) in [6.45, 7) is 1.34. The number of hydrogen-bond donors (Lipinski definition) is 1. The van der Waals surface area contributed by atoms with E-state index in [2.05, 4.69) is 15.0 Å². The van der Waals surface area contributed by atoms with Gasteiger partial charge in [-0.15, -0.1) is 0 Å². The molecule has 146 valence electrons. The van der Waals surface area contributed by atoms with Gasteiger partial charge in [-0.2, -0.15) is 0 Å². The number of allylic oxidation sites excluding steroid dienone is 1. The van der Waals surface area contributed by atoms with Gasteiger partial charge in [-0.1, -0.05) is 6.08 Å². The molecule has 4 rings (SSSR count). The number of aromatic nitrogens is 3. The van der Waals surface area contributed by atoms with Gasteiger partial charge in [0.15, 0.2) is 11.6 Å². The highest BCUT2D eigenvalue weighted by Crippen LogP contribution is 2.31. The highest BCUT2D eigenvalue weighted by molar-refractivity contribution is 5.80. The maximum Gasteiger partial charge on any atom is 0.317 e. The summed E-state index contributed by atoms with van der Waals surface area (Å²) in [6.07, 6.45) is 6.96. The molecule has 0 spiro atoms. The van der Waals surface area contributed by atoms with Crippen molar-refractivity contribution in [1.29, 1.82) is 0 Å². The zero-order chi connectivity index (χ0) is 19.7. The summed E-state index contributed by atoms with van der Waals surface area (Å²) in [5, 5.41) is 8.98. The molecule has 1 fully saturated rings. The van der Waals surface area contributed by atoms with Gasteiger partial charge in [0.2, 0.25) is 0 Å². The molecule has 0 aromatic carbocycles. The maximum atomic E-state index is 14.4. The molecule has 3 heterocycles. The normalized spacial score (nSPS) is 19.4. The molecule has 1 aliphatic heterocycles. The lowest BCUT2D eigenvalue weighted by Gasteiger charge is -2.31. The average Bonchev–Trinajstić information content (AvgIpc) is 3.06. The number of carboxylic acids is 1. The molecule has 0 bridgehead atoms. The SMILES string of the molecule is O=C(O)CN1CCC[C@H](Cc2nc(C3=CCc4ncc(F)cc43)ncc2F)C1. The predicted octanol–water partition coefficient (Wildman–Crippen LogP) is 2.48. The second-order valence-electron chi connectivity index (χ2n) is 7.30. The first-order chi connectivity index (χ1) is 13.5. The number of aliphatic carboxylic acids is 1. The third-order valence-corrected chi connectivity index (χ3v) is 5.23. The van der Waals surface area contributed by atoms with E-state index in [-0.39, 0.29) is 12.5 Å². The molecule has 1 atom stereocenters. The lowest BCUT2D eigenvalue weighted by molar-refractivity contribution is -0.138. The fourth-order valence-corrected chi connectivity index (χ4v) is 3.99. The van der Waals surface area contributed by atoms with Gasteiger partial charge in [-0.25, -0.2) is 18.7 Å². The van der Waals surface area contributed by atoms with E-state index >= 15 is 0 Å². The van der Waals surface area contributed by atoms with Crippen molar-refractivity contribution in [2.75, 3.05) is 19.6 Å². The van der Waals surface area contributed by atoms with Gasteiger partial charge >= 0.3 is 5.97 Å². The predicted molar refractivity (Wildman–Crippen MR) is 97.5 cm³/mol. The number of halogens is 2. The van der Waals surface area contributed by atoms with Gasteiger partial charge in [0.25, 0.3) is 0 Å². The smallest absolute Gasteiger partial charge is 0.317 e. The Hall–Kier alpha value is -2.74. The summed E-state index contributed by atoms with van der Waals surface area (Å²) >= 11 is 0. The lowest BCUT2D eigenvalue weighted by atomic mass is 9.93. The van der Waals surface area contributed by atoms with Crippen LogP contribution in [0.2, 0.25) is 0 Å². The molecular formula is C20H20F2N4O2. The Morgan fingerprint density at radius 3 is 2.96 bits per heavy atom. The fourth-order valence-electron chi connectivity index (χ4n) is 3.99. The molecule has 2 aromatic rings. The third kappa shape index (κ3) is 3.91. The van der Waals surface area contributed by atoms with Gasteiger partial charge in [-0.3, -0.25) is 14.7 Å². The van der Waals surface area contributed by atoms with Gasteiger partial charge in [0.1, 0.15) is 5.82 Å². The van der Waals surface area contributed by atoms with Crippen molar-refractivity contribution in [2.45, 2.75) is 25.7 Å². The maximum absolute atomic E-state index is 14.4. The second-order valence-corrected chi connectivity index (χ2v) is 7.30. The van der Waals surface area contributed by atoms with Crippen LogP contribution in [0.1, 0.15) is 35.6 Å². The van der Waals surface area contributed by atoms with E-state index in [9.17, 15) is 13.6 Å². The largest absolute Gasteiger partial charge is 0.480 e. The molecule has 1 saturated heterocycles. The van der Waals surface area contributed by atoms with Gasteiger partial charge in [0.05, 0.1) is 30.3 Å². The Kier molecular flexibility index (Phi) is 5.13. The first kappa shape index (κ1) is 18.6. The van der Waals surface area contributed by atoms with Crippen LogP contribution >= 0.6 is 0 Å². The summed E-state index contributed by atoms with van der Waals surface area (Å²) in [6, 6.07) is 1.40. The molecule has 28 heavy (non-hydrogen) atoms. The number of carbonyl (C=O) groups is 1. The Bertz CT molecular complexity index is 948. The van der Waals surface area contributed by atoms with E-state index in [1.165, 1.54) is 12.3 Å². The van der Waals surface area contributed by atoms with Crippen LogP contribution in [0.5, 0.6) is 0 Å². The van der Waals surface area contributed by atoms with Crippen LogP contribution in [0.15, 0.2) is 24.5 Å². The van der Waals surface area contributed by atoms with Crippen molar-refractivity contribution in [1.82, 2.24) is 19.9 Å². The van der Waals surface area contributed by atoms with Gasteiger partial charge < -0.3 is 5.11 Å². The number of carboxylic acid groups (broad SMARTS) is 1. The molecule has 1 N–H and O–H groups in total. The highest BCUT2D eigenvalue weighted by Gasteiger charge is 2.25. The Labute approximate surface area is 161 Å². The van der Waals surface area contributed by atoms with Crippen LogP contribution < -0.4 is 0 Å². The Morgan fingerprint density at radius 1 is 1.29 bits per heavy atom. The third-order valence-electron chi connectivity index (χ3n) is 5.23. The van der Waals surface area contributed by atoms with Crippen molar-refractivity contribution >= 4 is 11.5 Å². The van der Waals surface area contributed by atoms with E-state index in [1.54, 1.807) is 0 Å². The van der Waals surface area contributed by atoms with Crippen LogP contribution in [-0.2, 0) is 17.6 Å². The average molecular weight is 386 g/mol. The number of pyridine rings is 1. The topological polar surface area (TPSA) is 79.2 Å². The number of hydrogen-bond acceptors (Lipinski definition) is 5. The molecular weight excluding hydrogens is 366 g/mol. The molecule has 8 heteroatoms. The molecule has 2 aromatic heterocycles. The van der Waals surface area contributed by atoms with E-state index in [0.29, 0.717) is 42.0 Å². The van der Waals surface area contributed by atoms with E-state index < -0.39 is 17.6 Å². The molecule has 1 aliphatic carbocycles. The summed E-state index contributed by atoms with van der Waals surface area (Å²) in [7, 11) is 0. The van der Waals surface area contributed by atoms with Crippen LogP contribution in [0, 0.1) is 17.6 Å². The monoisotopic (exact) mass is 386 g/mol. The summed E-state index contributed by atoms with van der Waals surface area (Å²) in [5.41, 5.74) is 2.37. The van der Waals surface area contributed by atoms with E-state index in [1.807, 2.05) is 11.0 Å². The number of rotatable bonds is 5. The van der Waals surface area contributed by atoms with Crippen LogP contribution in [-0.4, -0.2) is 50.6 Å². The Morgan fingerprint density at radius 2 is 2.14 bits per heavy atom. The first-order valence-electron chi connectivity index (χ1n) is 9.30. The van der Waals surface area contributed by atoms with Crippen LogP contribution in [0.3, 0.4) is 0 Å². The summed E-state index contributed by atoms with van der Waals surface area (Å²) in [5.74, 6) is -1.27. The second kappa shape index (κ2) is 7.71. The number of nitrogens with zero attached hydrogens (tertiary/aromatic N) is 4. The molecule has 0 radical (unpaired) electrons. The van der Waals surface area contributed by atoms with Crippen molar-refractivity contribution in [3.05, 3.63) is 58.9 Å². The zero-order valence-corrected chi connectivity index (χ0v) is 15.2. The minimum absolute atomic E-state index is 0.00373. The fraction of sp³-hybridized carbons (Fsp3) is 0.400. The summed E-state index contributed by atoms with van der Waals surface area (Å²) in [4.78, 5) is 25.4. The number of fused-ring (bicyclic) bond motifs is 1. The zero-order valence-electron chi connectivity index (χ0n) is 15.2. The highest BCUT2D eigenvalue weighted by atomic mass is 19.1. The van der Waals surface area contributed by atoms with E-state index in [0.717, 1.165) is 31.3 Å². The number of piperidine rings is 1. The minimum atomic E-state index is -0.858. The minimum Gasteiger partial charge on any atom is -0.480 e. The van der Waals surface area contributed by atoms with Gasteiger partial charge in [-0.05, 0) is 37.8 Å². The standard InChI is InChI=1S/C20H20F2N4O2/c21-13-7-15-14(3-4-17(15)23-8-13)20-24-9-16(22)18(25-20)6-12-2-1-5-26(10-12)11-19(27)28/h3,7-9,12H,1-2,4-6,10-11H2,(H,27,28)/t12-/m1/s1.